The SMILES string of the molecule is CCC(C(=O)Nc1ccc(OC)cc1OC)N(Cc1ccccc1C)C(=O)CSc1nc(C)cc(C)n1. The lowest BCUT2D eigenvalue weighted by Gasteiger charge is -2.31. The monoisotopic (exact) mass is 522 g/mol. The quantitative estimate of drug-likeness (QED) is 0.281. The summed E-state index contributed by atoms with van der Waals surface area (Å²) < 4.78 is 10.7. The van der Waals surface area contributed by atoms with Gasteiger partial charge in [-0.05, 0) is 56.5 Å². The van der Waals surface area contributed by atoms with Crippen LogP contribution in [-0.2, 0) is 16.1 Å². The van der Waals surface area contributed by atoms with Crippen molar-refractivity contribution >= 4 is 29.3 Å². The lowest BCUT2D eigenvalue weighted by Crippen LogP contribution is -2.47. The van der Waals surface area contributed by atoms with Gasteiger partial charge in [0.05, 0.1) is 25.7 Å². The van der Waals surface area contributed by atoms with Crippen LogP contribution in [0.4, 0.5) is 5.69 Å². The molecule has 0 saturated carbocycles. The molecule has 0 aliphatic carbocycles. The summed E-state index contributed by atoms with van der Waals surface area (Å²) in [4.78, 5) is 37.6. The number of carbonyl (C=O) groups excluding carboxylic acids is 2. The first-order chi connectivity index (χ1) is 17.7. The summed E-state index contributed by atoms with van der Waals surface area (Å²) >= 11 is 1.27. The van der Waals surface area contributed by atoms with Crippen LogP contribution >= 0.6 is 11.8 Å². The molecule has 1 unspecified atom stereocenters. The second-order valence-corrected chi connectivity index (χ2v) is 9.59. The molecule has 0 aliphatic rings. The molecule has 0 bridgehead atoms. The highest BCUT2D eigenvalue weighted by Crippen LogP contribution is 2.30. The third-order valence-electron chi connectivity index (χ3n) is 5.94. The fourth-order valence-electron chi connectivity index (χ4n) is 3.98. The van der Waals surface area contributed by atoms with Crippen LogP contribution in [0.15, 0.2) is 53.7 Å². The third-order valence-corrected chi connectivity index (χ3v) is 6.77. The van der Waals surface area contributed by atoms with Gasteiger partial charge in [0.2, 0.25) is 11.8 Å². The van der Waals surface area contributed by atoms with Gasteiger partial charge in [-0.15, -0.1) is 0 Å². The molecule has 9 heteroatoms. The van der Waals surface area contributed by atoms with Crippen molar-refractivity contribution in [1.29, 1.82) is 0 Å². The van der Waals surface area contributed by atoms with E-state index < -0.39 is 6.04 Å². The smallest absolute Gasteiger partial charge is 0.247 e. The van der Waals surface area contributed by atoms with Gasteiger partial charge in [0.1, 0.15) is 17.5 Å². The highest BCUT2D eigenvalue weighted by molar-refractivity contribution is 7.99. The number of benzene rings is 2. The Morgan fingerprint density at radius 1 is 1.00 bits per heavy atom. The first-order valence-corrected chi connectivity index (χ1v) is 13.1. The lowest BCUT2D eigenvalue weighted by atomic mass is 10.1. The molecule has 1 aromatic heterocycles. The lowest BCUT2D eigenvalue weighted by molar-refractivity contribution is -0.137. The molecule has 0 spiro atoms. The van der Waals surface area contributed by atoms with Gasteiger partial charge in [-0.1, -0.05) is 43.0 Å². The van der Waals surface area contributed by atoms with E-state index in [2.05, 4.69) is 15.3 Å². The van der Waals surface area contributed by atoms with E-state index >= 15 is 0 Å². The van der Waals surface area contributed by atoms with Gasteiger partial charge < -0.3 is 19.7 Å². The van der Waals surface area contributed by atoms with Crippen molar-refractivity contribution in [3.63, 3.8) is 0 Å². The van der Waals surface area contributed by atoms with E-state index in [0.29, 0.717) is 35.3 Å². The molecule has 0 saturated heterocycles. The van der Waals surface area contributed by atoms with Crippen molar-refractivity contribution < 1.29 is 19.1 Å². The van der Waals surface area contributed by atoms with Gasteiger partial charge in [-0.2, -0.15) is 0 Å². The van der Waals surface area contributed by atoms with E-state index in [-0.39, 0.29) is 17.6 Å². The van der Waals surface area contributed by atoms with Crippen molar-refractivity contribution in [2.24, 2.45) is 0 Å². The molecule has 0 radical (unpaired) electrons. The van der Waals surface area contributed by atoms with Crippen LogP contribution in [0.5, 0.6) is 11.5 Å². The summed E-state index contributed by atoms with van der Waals surface area (Å²) in [5.41, 5.74) is 4.24. The molecule has 0 fully saturated rings. The fraction of sp³-hybridized carbons (Fsp3) is 0.357. The number of carbonyl (C=O) groups is 2. The minimum atomic E-state index is -0.695. The number of nitrogens with one attached hydrogen (secondary N) is 1. The summed E-state index contributed by atoms with van der Waals surface area (Å²) in [6.07, 6.45) is 0.437. The zero-order chi connectivity index (χ0) is 26.9. The van der Waals surface area contributed by atoms with Crippen LogP contribution in [0.3, 0.4) is 0 Å². The van der Waals surface area contributed by atoms with Gasteiger partial charge >= 0.3 is 0 Å². The van der Waals surface area contributed by atoms with Crippen molar-refractivity contribution in [1.82, 2.24) is 14.9 Å². The number of amides is 2. The Labute approximate surface area is 222 Å². The molecule has 37 heavy (non-hydrogen) atoms. The van der Waals surface area contributed by atoms with Crippen molar-refractivity contribution in [2.75, 3.05) is 25.3 Å². The Bertz CT molecular complexity index is 1230. The van der Waals surface area contributed by atoms with E-state index in [0.717, 1.165) is 22.5 Å². The minimum Gasteiger partial charge on any atom is -0.497 e. The normalized spacial score (nSPS) is 11.5. The van der Waals surface area contributed by atoms with Gasteiger partial charge in [0.25, 0.3) is 0 Å². The van der Waals surface area contributed by atoms with Crippen LogP contribution in [0.25, 0.3) is 0 Å². The summed E-state index contributed by atoms with van der Waals surface area (Å²) in [6, 6.07) is 14.2. The van der Waals surface area contributed by atoms with Crippen molar-refractivity contribution in [3.05, 3.63) is 71.0 Å². The molecule has 3 aromatic rings. The molecule has 2 amide bonds. The zero-order valence-electron chi connectivity index (χ0n) is 22.2. The Morgan fingerprint density at radius 2 is 1.70 bits per heavy atom. The summed E-state index contributed by atoms with van der Waals surface area (Å²) in [7, 11) is 3.10. The average Bonchev–Trinajstić information content (AvgIpc) is 2.88. The number of rotatable bonds is 11. The zero-order valence-corrected chi connectivity index (χ0v) is 23.0. The average molecular weight is 523 g/mol. The number of ether oxygens (including phenoxy) is 2. The molecule has 1 heterocycles. The maximum Gasteiger partial charge on any atom is 0.247 e. The van der Waals surface area contributed by atoms with Crippen LogP contribution in [0.1, 0.15) is 35.9 Å². The summed E-state index contributed by atoms with van der Waals surface area (Å²) in [5, 5.41) is 3.49. The van der Waals surface area contributed by atoms with E-state index in [1.165, 1.54) is 18.9 Å². The largest absolute Gasteiger partial charge is 0.497 e. The summed E-state index contributed by atoms with van der Waals surface area (Å²) in [5.74, 6) is 0.746. The van der Waals surface area contributed by atoms with Crippen LogP contribution < -0.4 is 14.8 Å². The first kappa shape index (κ1) is 28.0. The predicted molar refractivity (Wildman–Crippen MR) is 146 cm³/mol. The Kier molecular flexibility index (Phi) is 9.91. The van der Waals surface area contributed by atoms with Crippen LogP contribution in [0.2, 0.25) is 0 Å². The Balaban J connectivity index is 1.86. The number of hydrogen-bond acceptors (Lipinski definition) is 7. The molecule has 196 valence electrons. The number of aromatic nitrogens is 2. The van der Waals surface area contributed by atoms with Gasteiger partial charge in [0, 0.05) is 24.0 Å². The van der Waals surface area contributed by atoms with Gasteiger partial charge in [-0.25, -0.2) is 9.97 Å². The topological polar surface area (TPSA) is 93.7 Å². The third kappa shape index (κ3) is 7.45. The minimum absolute atomic E-state index is 0.115. The molecule has 3 rings (SSSR count). The number of anilines is 1. The molecule has 0 aliphatic heterocycles. The molecule has 1 atom stereocenters. The maximum atomic E-state index is 13.6. The van der Waals surface area contributed by atoms with Gasteiger partial charge in [-0.3, -0.25) is 9.59 Å². The summed E-state index contributed by atoms with van der Waals surface area (Å²) in [6.45, 7) is 8.00. The van der Waals surface area contributed by atoms with Crippen LogP contribution in [0, 0.1) is 20.8 Å². The van der Waals surface area contributed by atoms with E-state index in [9.17, 15) is 9.59 Å². The first-order valence-electron chi connectivity index (χ1n) is 12.1. The van der Waals surface area contributed by atoms with E-state index in [1.807, 2.05) is 58.0 Å². The van der Waals surface area contributed by atoms with Crippen molar-refractivity contribution in [3.8, 4) is 11.5 Å². The molecular formula is C28H34N4O4S. The van der Waals surface area contributed by atoms with Gasteiger partial charge in [0.15, 0.2) is 5.16 Å². The second-order valence-electron chi connectivity index (χ2n) is 8.65. The number of hydrogen-bond donors (Lipinski definition) is 1. The molecule has 8 nitrogen and oxygen atoms in total. The highest BCUT2D eigenvalue weighted by atomic mass is 32.2. The number of methoxy groups -OCH3 is 2. The molecule has 1 N–H and O–H groups in total. The highest BCUT2D eigenvalue weighted by Gasteiger charge is 2.30. The Morgan fingerprint density at radius 3 is 2.32 bits per heavy atom. The number of aryl methyl sites for hydroxylation is 3. The van der Waals surface area contributed by atoms with Crippen molar-refractivity contribution in [2.45, 2.75) is 51.9 Å². The van der Waals surface area contributed by atoms with Crippen LogP contribution in [-0.4, -0.2) is 52.7 Å². The Hall–Kier alpha value is -3.59. The van der Waals surface area contributed by atoms with E-state index in [4.69, 9.17) is 9.47 Å². The second kappa shape index (κ2) is 13.1. The fourth-order valence-corrected chi connectivity index (χ4v) is 4.81. The van der Waals surface area contributed by atoms with E-state index in [1.54, 1.807) is 30.2 Å². The standard InChI is InChI=1S/C28H34N4O4S/c1-7-24(27(34)31-23-13-12-22(35-5)15-25(23)36-6)32(16-21-11-9-8-10-18(21)2)26(33)17-37-28-29-19(3)14-20(4)30-28/h8-15,24H,7,16-17H2,1-6H3,(H,31,34). The number of nitrogens with zero attached hydrogens (tertiary/aromatic N) is 3. The predicted octanol–water partition coefficient (Wildman–Crippen LogP) is 4.96. The number of thioether (sulfide) groups is 1. The molecule has 2 aromatic carbocycles. The maximum absolute atomic E-state index is 13.6. The molecular weight excluding hydrogens is 488 g/mol.